The number of hydrogen-bond acceptors (Lipinski definition) is 6. The molecule has 0 bridgehead atoms. The highest BCUT2D eigenvalue weighted by atomic mass is 32.2. The Labute approximate surface area is 205 Å². The molecule has 2 N–H and O–H groups in total. The fraction of sp³-hybridized carbons (Fsp3) is 0.360. The molecule has 3 aromatic rings. The summed E-state index contributed by atoms with van der Waals surface area (Å²) < 4.78 is 12.4. The summed E-state index contributed by atoms with van der Waals surface area (Å²) in [6, 6.07) is 17.1. The molecule has 2 unspecified atom stereocenters. The first-order valence-electron chi connectivity index (χ1n) is 11.2. The lowest BCUT2D eigenvalue weighted by Gasteiger charge is -2.28. The summed E-state index contributed by atoms with van der Waals surface area (Å²) in [5, 5.41) is 20.6. The first-order chi connectivity index (χ1) is 16.4. The fourth-order valence-corrected chi connectivity index (χ4v) is 6.69. The van der Waals surface area contributed by atoms with E-state index < -0.39 is 22.0 Å². The number of amides is 1. The van der Waals surface area contributed by atoms with Crippen molar-refractivity contribution >= 4 is 39.1 Å². The lowest BCUT2D eigenvalue weighted by Crippen LogP contribution is -2.16. The Bertz CT molecular complexity index is 1160. The van der Waals surface area contributed by atoms with Crippen LogP contribution in [-0.2, 0) is 15.6 Å². The van der Waals surface area contributed by atoms with Gasteiger partial charge in [-0.25, -0.2) is 0 Å². The Morgan fingerprint density at radius 1 is 1.06 bits per heavy atom. The first-order valence-corrected chi connectivity index (χ1v) is 13.7. The number of nitrogens with one attached hydrogen (secondary N) is 1. The van der Waals surface area contributed by atoms with Gasteiger partial charge in [-0.15, -0.1) is 10.2 Å². The molecule has 1 aromatic heterocycles. The number of nitrogens with zero attached hydrogens (tertiary/aromatic N) is 2. The monoisotopic (exact) mass is 497 g/mol. The highest BCUT2D eigenvalue weighted by molar-refractivity contribution is 7.84. The molecule has 0 aliphatic heterocycles. The van der Waals surface area contributed by atoms with Crippen molar-refractivity contribution < 1.29 is 18.9 Å². The number of carboxylic acid groups (broad SMARTS) is 1. The molecule has 7 nitrogen and oxygen atoms in total. The zero-order chi connectivity index (χ0) is 24.1. The number of anilines is 1. The lowest BCUT2D eigenvalue weighted by molar-refractivity contribution is -0.138. The van der Waals surface area contributed by atoms with Gasteiger partial charge < -0.3 is 5.11 Å². The Morgan fingerprint density at radius 3 is 2.35 bits per heavy atom. The second kappa shape index (κ2) is 11.0. The van der Waals surface area contributed by atoms with Gasteiger partial charge in [0.25, 0.3) is 5.91 Å². The normalized spacial score (nSPS) is 19.8. The van der Waals surface area contributed by atoms with Crippen molar-refractivity contribution in [3.63, 3.8) is 0 Å². The van der Waals surface area contributed by atoms with Gasteiger partial charge in [0.1, 0.15) is 10.3 Å². The summed E-state index contributed by atoms with van der Waals surface area (Å²) in [7, 11) is -1.19. The summed E-state index contributed by atoms with van der Waals surface area (Å²) in [5.41, 5.74) is 2.60. The second-order valence-electron chi connectivity index (χ2n) is 8.63. The van der Waals surface area contributed by atoms with Crippen molar-refractivity contribution in [3.8, 4) is 0 Å². The summed E-state index contributed by atoms with van der Waals surface area (Å²) >= 11 is 1.23. The molecular formula is C25H27N3O4S2. The third kappa shape index (κ3) is 5.95. The third-order valence-electron chi connectivity index (χ3n) is 6.27. The van der Waals surface area contributed by atoms with Gasteiger partial charge in [0.05, 0.1) is 0 Å². The molecule has 4 rings (SSSR count). The number of aromatic nitrogens is 2. The molecule has 1 amide bonds. The molecule has 1 fully saturated rings. The van der Waals surface area contributed by atoms with Crippen LogP contribution in [0.3, 0.4) is 0 Å². The molecule has 34 heavy (non-hydrogen) atoms. The average molecular weight is 498 g/mol. The highest BCUT2D eigenvalue weighted by Gasteiger charge is 2.25. The van der Waals surface area contributed by atoms with Crippen LogP contribution in [0.15, 0.2) is 54.6 Å². The smallest absolute Gasteiger partial charge is 0.303 e. The topological polar surface area (TPSA) is 109 Å². The van der Waals surface area contributed by atoms with Crippen LogP contribution in [-0.4, -0.2) is 37.6 Å². The van der Waals surface area contributed by atoms with Crippen LogP contribution in [0.2, 0.25) is 0 Å². The van der Waals surface area contributed by atoms with E-state index in [9.17, 15) is 13.8 Å². The molecule has 1 heterocycles. The van der Waals surface area contributed by atoms with Crippen LogP contribution in [0.1, 0.15) is 69.8 Å². The predicted octanol–water partition coefficient (Wildman–Crippen LogP) is 5.01. The molecule has 2 aromatic carbocycles. The van der Waals surface area contributed by atoms with Gasteiger partial charge in [0.15, 0.2) is 0 Å². The maximum atomic E-state index is 12.7. The van der Waals surface area contributed by atoms with Crippen molar-refractivity contribution in [2.24, 2.45) is 5.92 Å². The van der Waals surface area contributed by atoms with Crippen LogP contribution in [0, 0.1) is 5.92 Å². The quantitative estimate of drug-likeness (QED) is 0.453. The minimum Gasteiger partial charge on any atom is -0.481 e. The van der Waals surface area contributed by atoms with Gasteiger partial charge >= 0.3 is 5.97 Å². The first kappa shape index (κ1) is 24.2. The Hall–Kier alpha value is -2.91. The number of hydrogen-bond donors (Lipinski definition) is 2. The van der Waals surface area contributed by atoms with Crippen LogP contribution < -0.4 is 5.32 Å². The van der Waals surface area contributed by atoms with Crippen molar-refractivity contribution in [1.29, 1.82) is 0 Å². The van der Waals surface area contributed by atoms with E-state index in [1.807, 2.05) is 54.6 Å². The molecule has 9 heteroatoms. The third-order valence-corrected chi connectivity index (χ3v) is 8.49. The van der Waals surface area contributed by atoms with Gasteiger partial charge in [-0.1, -0.05) is 53.8 Å². The SMILES string of the molecule is CS(=O)C(c1ccccc1)c1nnc(NC(=O)c2ccc(C3CCC(CC(=O)O)CC3)cc2)s1. The van der Waals surface area contributed by atoms with E-state index in [1.54, 1.807) is 6.26 Å². The fourth-order valence-electron chi connectivity index (χ4n) is 4.52. The van der Waals surface area contributed by atoms with Crippen molar-refractivity contribution in [2.45, 2.75) is 43.3 Å². The van der Waals surface area contributed by atoms with E-state index in [-0.39, 0.29) is 18.2 Å². The van der Waals surface area contributed by atoms with Crippen LogP contribution in [0.5, 0.6) is 0 Å². The van der Waals surface area contributed by atoms with Gasteiger partial charge in [0, 0.05) is 29.0 Å². The molecule has 0 radical (unpaired) electrons. The van der Waals surface area contributed by atoms with Crippen LogP contribution in [0.25, 0.3) is 0 Å². The molecule has 2 atom stereocenters. The maximum absolute atomic E-state index is 12.7. The van der Waals surface area contributed by atoms with E-state index in [2.05, 4.69) is 15.5 Å². The Balaban J connectivity index is 1.38. The molecule has 1 aliphatic rings. The number of carboxylic acids is 1. The zero-order valence-corrected chi connectivity index (χ0v) is 20.5. The number of benzene rings is 2. The molecule has 0 saturated heterocycles. The standard InChI is InChI=1S/C25H27N3O4S2/c1-34(32)22(19-5-3-2-4-6-19)24-27-28-25(33-24)26-23(31)20-13-11-18(12-14-20)17-9-7-16(8-10-17)15-21(29)30/h2-6,11-14,16-17,22H,7-10,15H2,1H3,(H,29,30)(H,26,28,31). The number of carbonyl (C=O) groups excluding carboxylic acids is 1. The van der Waals surface area contributed by atoms with Gasteiger partial charge in [-0.05, 0) is 60.8 Å². The van der Waals surface area contributed by atoms with E-state index >= 15 is 0 Å². The summed E-state index contributed by atoms with van der Waals surface area (Å²) in [4.78, 5) is 23.7. The van der Waals surface area contributed by atoms with E-state index in [0.717, 1.165) is 31.2 Å². The van der Waals surface area contributed by atoms with Crippen molar-refractivity contribution in [2.75, 3.05) is 11.6 Å². The average Bonchev–Trinajstić information content (AvgIpc) is 3.27. The maximum Gasteiger partial charge on any atom is 0.303 e. The zero-order valence-electron chi connectivity index (χ0n) is 18.8. The molecular weight excluding hydrogens is 470 g/mol. The number of carbonyl (C=O) groups is 2. The van der Waals surface area contributed by atoms with Gasteiger partial charge in [-0.3, -0.25) is 19.1 Å². The van der Waals surface area contributed by atoms with Crippen LogP contribution in [0.4, 0.5) is 5.13 Å². The molecule has 0 spiro atoms. The van der Waals surface area contributed by atoms with E-state index in [1.165, 1.54) is 16.9 Å². The summed E-state index contributed by atoms with van der Waals surface area (Å²) in [6.07, 6.45) is 5.67. The number of aliphatic carboxylic acids is 1. The van der Waals surface area contributed by atoms with Gasteiger partial charge in [-0.2, -0.15) is 0 Å². The van der Waals surface area contributed by atoms with Gasteiger partial charge in [0.2, 0.25) is 5.13 Å². The summed E-state index contributed by atoms with van der Waals surface area (Å²) in [5.74, 6) is -0.326. The largest absolute Gasteiger partial charge is 0.481 e. The van der Waals surface area contributed by atoms with Crippen LogP contribution >= 0.6 is 11.3 Å². The lowest BCUT2D eigenvalue weighted by atomic mass is 9.77. The predicted molar refractivity (Wildman–Crippen MR) is 134 cm³/mol. The van der Waals surface area contributed by atoms with E-state index in [4.69, 9.17) is 5.11 Å². The molecule has 1 aliphatic carbocycles. The highest BCUT2D eigenvalue weighted by Crippen LogP contribution is 2.37. The second-order valence-corrected chi connectivity index (χ2v) is 11.1. The minimum atomic E-state index is -1.19. The Morgan fingerprint density at radius 2 is 1.74 bits per heavy atom. The minimum absolute atomic E-state index is 0.249. The van der Waals surface area contributed by atoms with E-state index in [0.29, 0.717) is 21.6 Å². The molecule has 1 saturated carbocycles. The summed E-state index contributed by atoms with van der Waals surface area (Å²) in [6.45, 7) is 0. The van der Waals surface area contributed by atoms with Crippen molar-refractivity contribution in [1.82, 2.24) is 10.2 Å². The molecule has 178 valence electrons. The number of rotatable bonds is 8. The van der Waals surface area contributed by atoms with Crippen molar-refractivity contribution in [3.05, 3.63) is 76.3 Å². The Kier molecular flexibility index (Phi) is 7.84.